The number of ether oxygens (including phenoxy) is 1. The van der Waals surface area contributed by atoms with Crippen LogP contribution in [0.2, 0.25) is 0 Å². The van der Waals surface area contributed by atoms with Crippen molar-refractivity contribution in [3.05, 3.63) is 60.1 Å². The van der Waals surface area contributed by atoms with E-state index in [0.29, 0.717) is 6.42 Å². The van der Waals surface area contributed by atoms with E-state index in [2.05, 4.69) is 0 Å². The molecule has 98 valence electrons. The minimum Gasteiger partial charge on any atom is -0.468 e. The van der Waals surface area contributed by atoms with Crippen molar-refractivity contribution < 1.29 is 18.7 Å². The first-order valence-corrected chi connectivity index (χ1v) is 5.92. The standard InChI is InChI=1S/C15H14O4/c1-18-15(17)12(10-11-6-3-2-4-7-11)14(16)13-8-5-9-19-13/h2-9,12H,10H2,1H3. The number of rotatable bonds is 5. The number of ketones is 1. The highest BCUT2D eigenvalue weighted by molar-refractivity contribution is 6.07. The Morgan fingerprint density at radius 2 is 1.89 bits per heavy atom. The van der Waals surface area contributed by atoms with Gasteiger partial charge in [-0.2, -0.15) is 0 Å². The fourth-order valence-corrected chi connectivity index (χ4v) is 1.87. The Bertz CT molecular complexity index is 543. The predicted molar refractivity (Wildman–Crippen MR) is 68.7 cm³/mol. The van der Waals surface area contributed by atoms with Gasteiger partial charge in [0.1, 0.15) is 5.92 Å². The van der Waals surface area contributed by atoms with Crippen LogP contribution in [0.3, 0.4) is 0 Å². The molecule has 0 aliphatic heterocycles. The molecule has 2 aromatic rings. The number of methoxy groups -OCH3 is 1. The molecule has 0 spiro atoms. The summed E-state index contributed by atoms with van der Waals surface area (Å²) in [5.74, 6) is -1.61. The first-order valence-electron chi connectivity index (χ1n) is 5.92. The van der Waals surface area contributed by atoms with E-state index in [-0.39, 0.29) is 11.5 Å². The molecule has 1 unspecified atom stereocenters. The normalized spacial score (nSPS) is 11.8. The van der Waals surface area contributed by atoms with E-state index in [4.69, 9.17) is 9.15 Å². The minimum absolute atomic E-state index is 0.173. The van der Waals surface area contributed by atoms with Crippen LogP contribution in [0.15, 0.2) is 53.1 Å². The smallest absolute Gasteiger partial charge is 0.317 e. The molecule has 0 saturated carbocycles. The lowest BCUT2D eigenvalue weighted by Crippen LogP contribution is -2.27. The molecule has 2 rings (SSSR count). The molecular weight excluding hydrogens is 244 g/mol. The molecule has 4 heteroatoms. The summed E-state index contributed by atoms with van der Waals surface area (Å²) >= 11 is 0. The molecular formula is C15H14O4. The van der Waals surface area contributed by atoms with Gasteiger partial charge in [0.2, 0.25) is 5.78 Å². The molecule has 0 aliphatic carbocycles. The van der Waals surface area contributed by atoms with Crippen LogP contribution in [0.5, 0.6) is 0 Å². The van der Waals surface area contributed by atoms with E-state index >= 15 is 0 Å². The quantitative estimate of drug-likeness (QED) is 0.469. The summed E-state index contributed by atoms with van der Waals surface area (Å²) in [5, 5.41) is 0. The fourth-order valence-electron chi connectivity index (χ4n) is 1.87. The zero-order valence-corrected chi connectivity index (χ0v) is 10.5. The van der Waals surface area contributed by atoms with Crippen LogP contribution in [0, 0.1) is 5.92 Å². The molecule has 19 heavy (non-hydrogen) atoms. The van der Waals surface area contributed by atoms with Crippen molar-refractivity contribution in [1.29, 1.82) is 0 Å². The summed E-state index contributed by atoms with van der Waals surface area (Å²) in [6, 6.07) is 12.5. The van der Waals surface area contributed by atoms with E-state index in [9.17, 15) is 9.59 Å². The molecule has 1 aromatic heterocycles. The van der Waals surface area contributed by atoms with Crippen molar-refractivity contribution >= 4 is 11.8 Å². The maximum Gasteiger partial charge on any atom is 0.317 e. The van der Waals surface area contributed by atoms with Crippen LogP contribution in [0.1, 0.15) is 16.1 Å². The molecule has 0 saturated heterocycles. The van der Waals surface area contributed by atoms with E-state index in [1.54, 1.807) is 12.1 Å². The topological polar surface area (TPSA) is 56.5 Å². The van der Waals surface area contributed by atoms with Crippen LogP contribution < -0.4 is 0 Å². The van der Waals surface area contributed by atoms with Crippen molar-refractivity contribution in [3.8, 4) is 0 Å². The van der Waals surface area contributed by atoms with Gasteiger partial charge in [-0.15, -0.1) is 0 Å². The third-order valence-corrected chi connectivity index (χ3v) is 2.85. The Hall–Kier alpha value is -2.36. The summed E-state index contributed by atoms with van der Waals surface area (Å²) in [7, 11) is 1.27. The van der Waals surface area contributed by atoms with Gasteiger partial charge in [0, 0.05) is 0 Å². The number of carbonyl (C=O) groups is 2. The number of Topliss-reactive ketones (excluding diaryl/α,β-unsaturated/α-hetero) is 1. The number of furan rings is 1. The third kappa shape index (κ3) is 3.10. The first kappa shape index (κ1) is 13.1. The highest BCUT2D eigenvalue weighted by Gasteiger charge is 2.30. The molecule has 0 N–H and O–H groups in total. The molecule has 0 fully saturated rings. The maximum atomic E-state index is 12.2. The van der Waals surface area contributed by atoms with Gasteiger partial charge in [0.15, 0.2) is 5.76 Å². The molecule has 1 heterocycles. The number of hydrogen-bond donors (Lipinski definition) is 0. The molecule has 0 aliphatic rings. The van der Waals surface area contributed by atoms with Gasteiger partial charge in [-0.3, -0.25) is 9.59 Å². The third-order valence-electron chi connectivity index (χ3n) is 2.85. The molecule has 1 atom stereocenters. The summed E-state index contributed by atoms with van der Waals surface area (Å²) in [5.41, 5.74) is 0.901. The van der Waals surface area contributed by atoms with E-state index in [1.165, 1.54) is 13.4 Å². The van der Waals surface area contributed by atoms with Crippen LogP contribution in [0.25, 0.3) is 0 Å². The first-order chi connectivity index (χ1) is 9.22. The van der Waals surface area contributed by atoms with Crippen molar-refractivity contribution in [2.45, 2.75) is 6.42 Å². The summed E-state index contributed by atoms with van der Waals surface area (Å²) in [6.45, 7) is 0. The second-order valence-corrected chi connectivity index (χ2v) is 4.11. The van der Waals surface area contributed by atoms with E-state index < -0.39 is 11.9 Å². The van der Waals surface area contributed by atoms with E-state index in [1.807, 2.05) is 30.3 Å². The Morgan fingerprint density at radius 3 is 2.47 bits per heavy atom. The predicted octanol–water partition coefficient (Wildman–Crippen LogP) is 2.49. The summed E-state index contributed by atoms with van der Waals surface area (Å²) < 4.78 is 9.75. The fraction of sp³-hybridized carbons (Fsp3) is 0.200. The second kappa shape index (κ2) is 6.00. The number of benzene rings is 1. The van der Waals surface area contributed by atoms with Gasteiger partial charge >= 0.3 is 5.97 Å². The van der Waals surface area contributed by atoms with E-state index in [0.717, 1.165) is 5.56 Å². The second-order valence-electron chi connectivity index (χ2n) is 4.11. The summed E-state index contributed by atoms with van der Waals surface area (Å²) in [6.07, 6.45) is 1.71. The van der Waals surface area contributed by atoms with Gasteiger partial charge in [0.25, 0.3) is 0 Å². The Labute approximate surface area is 111 Å². The van der Waals surface area contributed by atoms with Gasteiger partial charge in [-0.1, -0.05) is 30.3 Å². The minimum atomic E-state index is -0.876. The Kier molecular flexibility index (Phi) is 4.13. The highest BCUT2D eigenvalue weighted by atomic mass is 16.5. The number of hydrogen-bond acceptors (Lipinski definition) is 4. The zero-order valence-electron chi connectivity index (χ0n) is 10.5. The number of carbonyl (C=O) groups excluding carboxylic acids is 2. The van der Waals surface area contributed by atoms with Crippen molar-refractivity contribution in [3.63, 3.8) is 0 Å². The van der Waals surface area contributed by atoms with Crippen molar-refractivity contribution in [1.82, 2.24) is 0 Å². The maximum absolute atomic E-state index is 12.2. The average Bonchev–Trinajstić information content (AvgIpc) is 2.98. The van der Waals surface area contributed by atoms with Crippen LogP contribution in [-0.4, -0.2) is 18.9 Å². The largest absolute Gasteiger partial charge is 0.468 e. The lowest BCUT2D eigenvalue weighted by atomic mass is 9.94. The number of esters is 1. The monoisotopic (exact) mass is 258 g/mol. The summed E-state index contributed by atoms with van der Waals surface area (Å²) in [4.78, 5) is 24.0. The van der Waals surface area contributed by atoms with Crippen molar-refractivity contribution in [2.24, 2.45) is 5.92 Å². The average molecular weight is 258 g/mol. The molecule has 4 nitrogen and oxygen atoms in total. The van der Waals surface area contributed by atoms with Crippen LogP contribution >= 0.6 is 0 Å². The van der Waals surface area contributed by atoms with Crippen LogP contribution in [0.4, 0.5) is 0 Å². The lowest BCUT2D eigenvalue weighted by Gasteiger charge is -2.12. The molecule has 0 radical (unpaired) electrons. The van der Waals surface area contributed by atoms with Gasteiger partial charge in [-0.05, 0) is 24.1 Å². The zero-order chi connectivity index (χ0) is 13.7. The highest BCUT2D eigenvalue weighted by Crippen LogP contribution is 2.16. The molecule has 0 bridgehead atoms. The molecule has 0 amide bonds. The van der Waals surface area contributed by atoms with Crippen LogP contribution in [-0.2, 0) is 16.0 Å². The SMILES string of the molecule is COC(=O)C(Cc1ccccc1)C(=O)c1ccco1. The lowest BCUT2D eigenvalue weighted by molar-refractivity contribution is -0.143. The Morgan fingerprint density at radius 1 is 1.16 bits per heavy atom. The van der Waals surface area contributed by atoms with Gasteiger partial charge < -0.3 is 9.15 Å². The Balaban J connectivity index is 2.22. The van der Waals surface area contributed by atoms with Crippen molar-refractivity contribution in [2.75, 3.05) is 7.11 Å². The van der Waals surface area contributed by atoms with Gasteiger partial charge in [0.05, 0.1) is 13.4 Å². The van der Waals surface area contributed by atoms with Gasteiger partial charge in [-0.25, -0.2) is 0 Å². The molecule has 1 aromatic carbocycles.